The van der Waals surface area contributed by atoms with Gasteiger partial charge in [0.05, 0.1) is 14.2 Å². The van der Waals surface area contributed by atoms with Crippen LogP contribution in [0, 0.1) is 0 Å². The summed E-state index contributed by atoms with van der Waals surface area (Å²) < 4.78 is 11.1. The minimum absolute atomic E-state index is 0.147. The maximum atomic E-state index is 5.64. The van der Waals surface area contributed by atoms with Crippen LogP contribution >= 0.6 is 0 Å². The van der Waals surface area contributed by atoms with Crippen LogP contribution in [0.5, 0.6) is 11.5 Å². The Morgan fingerprint density at radius 2 is 1.73 bits per heavy atom. The van der Waals surface area contributed by atoms with Crippen molar-refractivity contribution in [2.45, 2.75) is 43.1 Å². The highest BCUT2D eigenvalue weighted by atomic mass is 16.5. The third kappa shape index (κ3) is 2.61. The van der Waals surface area contributed by atoms with Crippen LogP contribution in [-0.2, 0) is 5.41 Å². The van der Waals surface area contributed by atoms with Crippen molar-refractivity contribution < 1.29 is 9.47 Å². The normalized spacial score (nSPS) is 28.6. The average Bonchev–Trinajstić information content (AvgIpc) is 3.06. The van der Waals surface area contributed by atoms with Crippen molar-refractivity contribution in [3.8, 4) is 11.5 Å². The Bertz CT molecular complexity index is 760. The lowest BCUT2D eigenvalue weighted by atomic mass is 9.58. The number of fused-ring (bicyclic) bond motifs is 1. The van der Waals surface area contributed by atoms with E-state index in [1.807, 2.05) is 0 Å². The highest BCUT2D eigenvalue weighted by Gasteiger charge is 2.54. The van der Waals surface area contributed by atoms with Crippen molar-refractivity contribution in [2.75, 3.05) is 27.8 Å². The van der Waals surface area contributed by atoms with Crippen LogP contribution in [0.3, 0.4) is 0 Å². The summed E-state index contributed by atoms with van der Waals surface area (Å²) in [5, 5.41) is 0. The Balaban J connectivity index is 1.87. The molecule has 0 bridgehead atoms. The molecule has 2 aromatic rings. The molecule has 3 atom stereocenters. The van der Waals surface area contributed by atoms with Crippen molar-refractivity contribution in [3.05, 3.63) is 59.7 Å². The van der Waals surface area contributed by atoms with Gasteiger partial charge in [-0.3, -0.25) is 0 Å². The fourth-order valence-corrected chi connectivity index (χ4v) is 5.55. The van der Waals surface area contributed by atoms with Gasteiger partial charge in [0.1, 0.15) is 0 Å². The first kappa shape index (κ1) is 17.4. The zero-order valence-electron chi connectivity index (χ0n) is 16.1. The molecular weight excluding hydrogens is 322 g/mol. The number of nitrogens with zero attached hydrogens (tertiary/aromatic N) is 1. The van der Waals surface area contributed by atoms with Crippen LogP contribution in [0.1, 0.15) is 42.7 Å². The molecule has 0 amide bonds. The molecule has 0 spiro atoms. The summed E-state index contributed by atoms with van der Waals surface area (Å²) in [7, 11) is 5.73. The predicted octanol–water partition coefficient (Wildman–Crippen LogP) is 4.61. The quantitative estimate of drug-likeness (QED) is 0.803. The van der Waals surface area contributed by atoms with E-state index in [1.165, 1.54) is 36.8 Å². The van der Waals surface area contributed by atoms with Gasteiger partial charge in [-0.25, -0.2) is 0 Å². The van der Waals surface area contributed by atoms with Crippen LogP contribution in [-0.4, -0.2) is 38.8 Å². The first-order valence-electron chi connectivity index (χ1n) is 9.68. The van der Waals surface area contributed by atoms with Crippen molar-refractivity contribution in [3.63, 3.8) is 0 Å². The topological polar surface area (TPSA) is 21.7 Å². The first-order chi connectivity index (χ1) is 12.7. The van der Waals surface area contributed by atoms with Crippen molar-refractivity contribution in [2.24, 2.45) is 0 Å². The van der Waals surface area contributed by atoms with Gasteiger partial charge in [-0.15, -0.1) is 0 Å². The molecule has 2 aromatic carbocycles. The third-order valence-corrected chi connectivity index (χ3v) is 6.72. The van der Waals surface area contributed by atoms with Crippen molar-refractivity contribution >= 4 is 0 Å². The molecule has 0 N–H and O–H groups in total. The molecule has 0 unspecified atom stereocenters. The van der Waals surface area contributed by atoms with Gasteiger partial charge in [0.2, 0.25) is 0 Å². The molecule has 138 valence electrons. The summed E-state index contributed by atoms with van der Waals surface area (Å²) in [6, 6.07) is 18.3. The number of rotatable bonds is 4. The average molecular weight is 351 g/mol. The van der Waals surface area contributed by atoms with E-state index in [1.54, 1.807) is 14.2 Å². The van der Waals surface area contributed by atoms with Crippen LogP contribution < -0.4 is 9.47 Å². The summed E-state index contributed by atoms with van der Waals surface area (Å²) in [4.78, 5) is 2.58. The fourth-order valence-electron chi connectivity index (χ4n) is 5.55. The summed E-state index contributed by atoms with van der Waals surface area (Å²) >= 11 is 0. The molecule has 1 aliphatic heterocycles. The van der Waals surface area contributed by atoms with E-state index in [2.05, 4.69) is 60.5 Å². The van der Waals surface area contributed by atoms with E-state index in [4.69, 9.17) is 9.47 Å². The fraction of sp³-hybridized carbons (Fsp3) is 0.478. The van der Waals surface area contributed by atoms with Crippen LogP contribution in [0.15, 0.2) is 48.5 Å². The molecule has 2 aliphatic rings. The Hall–Kier alpha value is -2.00. The van der Waals surface area contributed by atoms with Gasteiger partial charge in [0.15, 0.2) is 11.5 Å². The molecule has 1 heterocycles. The summed E-state index contributed by atoms with van der Waals surface area (Å²) in [5.41, 5.74) is 3.02. The van der Waals surface area contributed by atoms with Gasteiger partial charge in [-0.2, -0.15) is 0 Å². The lowest BCUT2D eigenvalue weighted by Gasteiger charge is -2.48. The van der Waals surface area contributed by atoms with E-state index in [0.29, 0.717) is 12.0 Å². The second kappa shape index (κ2) is 6.96. The molecule has 0 radical (unpaired) electrons. The molecule has 4 rings (SSSR count). The zero-order chi connectivity index (χ0) is 18.1. The minimum Gasteiger partial charge on any atom is -0.493 e. The molecule has 26 heavy (non-hydrogen) atoms. The third-order valence-electron chi connectivity index (χ3n) is 6.72. The molecule has 3 heteroatoms. The van der Waals surface area contributed by atoms with Gasteiger partial charge in [0.25, 0.3) is 0 Å². The van der Waals surface area contributed by atoms with E-state index in [-0.39, 0.29) is 5.41 Å². The maximum Gasteiger partial charge on any atom is 0.161 e. The number of benzene rings is 2. The highest BCUT2D eigenvalue weighted by molar-refractivity contribution is 5.48. The number of ether oxygens (including phenoxy) is 2. The molecule has 3 nitrogen and oxygen atoms in total. The van der Waals surface area contributed by atoms with Gasteiger partial charge in [-0.1, -0.05) is 42.8 Å². The van der Waals surface area contributed by atoms with Gasteiger partial charge >= 0.3 is 0 Å². The van der Waals surface area contributed by atoms with Crippen molar-refractivity contribution in [1.29, 1.82) is 0 Å². The largest absolute Gasteiger partial charge is 0.493 e. The SMILES string of the molecule is COc1ccc([C@]23CCN(C)[C@H]2CCC[C@H]3c2ccccc2)cc1OC. The van der Waals surface area contributed by atoms with Gasteiger partial charge < -0.3 is 14.4 Å². The highest BCUT2D eigenvalue weighted by Crippen LogP contribution is 2.56. The molecule has 1 saturated carbocycles. The second-order valence-corrected chi connectivity index (χ2v) is 7.75. The van der Waals surface area contributed by atoms with Gasteiger partial charge in [0, 0.05) is 11.5 Å². The maximum absolute atomic E-state index is 5.64. The predicted molar refractivity (Wildman–Crippen MR) is 105 cm³/mol. The van der Waals surface area contributed by atoms with E-state index in [0.717, 1.165) is 18.0 Å². The van der Waals surface area contributed by atoms with E-state index < -0.39 is 0 Å². The monoisotopic (exact) mass is 351 g/mol. The lowest BCUT2D eigenvalue weighted by molar-refractivity contribution is 0.157. The molecule has 1 saturated heterocycles. The van der Waals surface area contributed by atoms with Gasteiger partial charge in [-0.05, 0) is 62.0 Å². The van der Waals surface area contributed by atoms with E-state index >= 15 is 0 Å². The van der Waals surface area contributed by atoms with Crippen molar-refractivity contribution in [1.82, 2.24) is 4.90 Å². The number of hydrogen-bond acceptors (Lipinski definition) is 3. The Morgan fingerprint density at radius 1 is 0.962 bits per heavy atom. The summed E-state index contributed by atoms with van der Waals surface area (Å²) in [5.74, 6) is 2.19. The number of likely N-dealkylation sites (tertiary alicyclic amines) is 1. The first-order valence-corrected chi connectivity index (χ1v) is 9.68. The Labute approximate surface area is 156 Å². The summed E-state index contributed by atoms with van der Waals surface area (Å²) in [6.07, 6.45) is 5.02. The minimum atomic E-state index is 0.147. The molecule has 0 aromatic heterocycles. The Morgan fingerprint density at radius 3 is 2.46 bits per heavy atom. The smallest absolute Gasteiger partial charge is 0.161 e. The number of hydrogen-bond donors (Lipinski definition) is 0. The summed E-state index contributed by atoms with van der Waals surface area (Å²) in [6.45, 7) is 1.16. The second-order valence-electron chi connectivity index (χ2n) is 7.75. The standard InChI is InChI=1S/C23H29NO2/c1-24-15-14-23(18-12-13-20(25-2)21(16-18)26-3)19(10-7-11-22(23)24)17-8-5-4-6-9-17/h4-6,8-9,12-13,16,19,22H,7,10-11,14-15H2,1-3H3/t19-,22-,23-/m0/s1. The molecule has 1 aliphatic carbocycles. The lowest BCUT2D eigenvalue weighted by Crippen LogP contribution is -2.48. The van der Waals surface area contributed by atoms with Crippen LogP contribution in [0.25, 0.3) is 0 Å². The number of likely N-dealkylation sites (N-methyl/N-ethyl adjacent to an activating group) is 1. The van der Waals surface area contributed by atoms with E-state index in [9.17, 15) is 0 Å². The zero-order valence-corrected chi connectivity index (χ0v) is 16.1. The molecule has 2 fully saturated rings. The number of methoxy groups -OCH3 is 2. The Kier molecular flexibility index (Phi) is 4.66. The molecular formula is C23H29NO2. The van der Waals surface area contributed by atoms with Crippen LogP contribution in [0.4, 0.5) is 0 Å². The van der Waals surface area contributed by atoms with Crippen LogP contribution in [0.2, 0.25) is 0 Å².